The third kappa shape index (κ3) is 4.92. The molecule has 1 aliphatic rings. The van der Waals surface area contributed by atoms with Crippen LogP contribution in [0.4, 0.5) is 0 Å². The predicted molar refractivity (Wildman–Crippen MR) is 72.4 cm³/mol. The van der Waals surface area contributed by atoms with E-state index in [1.54, 1.807) is 0 Å². The Morgan fingerprint density at radius 2 is 2.22 bits per heavy atom. The number of aliphatic hydroxyl groups excluding tert-OH is 1. The number of carbonyl (C=O) groups excluding carboxylic acids is 1. The molecule has 2 unspecified atom stereocenters. The van der Waals surface area contributed by atoms with Gasteiger partial charge in [0.05, 0.1) is 12.6 Å². The Labute approximate surface area is 110 Å². The molecular weight excluding hydrogens is 230 g/mol. The van der Waals surface area contributed by atoms with Crippen molar-refractivity contribution in [1.82, 2.24) is 15.5 Å². The van der Waals surface area contributed by atoms with Gasteiger partial charge in [0.15, 0.2) is 0 Å². The highest BCUT2D eigenvalue weighted by Crippen LogP contribution is 2.09. The van der Waals surface area contributed by atoms with Crippen LogP contribution in [0.25, 0.3) is 0 Å². The number of aliphatic hydroxyl groups is 1. The zero-order valence-electron chi connectivity index (χ0n) is 11.8. The molecule has 18 heavy (non-hydrogen) atoms. The minimum atomic E-state index is -0.193. The Morgan fingerprint density at radius 1 is 1.50 bits per heavy atom. The maximum absolute atomic E-state index is 12.0. The highest BCUT2D eigenvalue weighted by atomic mass is 16.3. The molecule has 0 spiro atoms. The number of amides is 1. The normalized spacial score (nSPS) is 21.6. The van der Waals surface area contributed by atoms with E-state index in [-0.39, 0.29) is 24.6 Å². The average molecular weight is 257 g/mol. The summed E-state index contributed by atoms with van der Waals surface area (Å²) >= 11 is 0. The lowest BCUT2D eigenvalue weighted by Crippen LogP contribution is -2.51. The van der Waals surface area contributed by atoms with Crippen LogP contribution < -0.4 is 10.6 Å². The SMILES string of the molecule is CC(C)NC(=O)C(C)N(CCO)CC1CCCN1. The van der Waals surface area contributed by atoms with Gasteiger partial charge in [-0.3, -0.25) is 9.69 Å². The number of nitrogens with zero attached hydrogens (tertiary/aromatic N) is 1. The van der Waals surface area contributed by atoms with E-state index in [0.717, 1.165) is 19.5 Å². The molecule has 0 aromatic heterocycles. The summed E-state index contributed by atoms with van der Waals surface area (Å²) in [5.41, 5.74) is 0. The first kappa shape index (κ1) is 15.4. The van der Waals surface area contributed by atoms with Crippen LogP contribution in [0.15, 0.2) is 0 Å². The van der Waals surface area contributed by atoms with Gasteiger partial charge < -0.3 is 15.7 Å². The summed E-state index contributed by atoms with van der Waals surface area (Å²) in [6.45, 7) is 8.34. The molecular formula is C13H27N3O2. The van der Waals surface area contributed by atoms with Crippen molar-refractivity contribution in [3.63, 3.8) is 0 Å². The van der Waals surface area contributed by atoms with Crippen LogP contribution >= 0.6 is 0 Å². The van der Waals surface area contributed by atoms with Crippen LogP contribution in [-0.4, -0.2) is 60.3 Å². The van der Waals surface area contributed by atoms with E-state index in [2.05, 4.69) is 15.5 Å². The molecule has 0 radical (unpaired) electrons. The first-order chi connectivity index (χ1) is 8.54. The van der Waals surface area contributed by atoms with Gasteiger partial charge in [0.2, 0.25) is 5.91 Å². The van der Waals surface area contributed by atoms with Crippen molar-refractivity contribution in [2.24, 2.45) is 0 Å². The molecule has 0 aromatic carbocycles. The topological polar surface area (TPSA) is 64.6 Å². The molecule has 106 valence electrons. The van der Waals surface area contributed by atoms with Crippen molar-refractivity contribution >= 4 is 5.91 Å². The quantitative estimate of drug-likeness (QED) is 0.598. The zero-order chi connectivity index (χ0) is 13.5. The van der Waals surface area contributed by atoms with E-state index in [1.165, 1.54) is 6.42 Å². The van der Waals surface area contributed by atoms with Gasteiger partial charge in [-0.15, -0.1) is 0 Å². The van der Waals surface area contributed by atoms with E-state index in [1.807, 2.05) is 20.8 Å². The van der Waals surface area contributed by atoms with Crippen molar-refractivity contribution < 1.29 is 9.90 Å². The second kappa shape index (κ2) is 7.71. The minimum Gasteiger partial charge on any atom is -0.395 e. The number of nitrogens with one attached hydrogen (secondary N) is 2. The second-order valence-electron chi connectivity index (χ2n) is 5.35. The van der Waals surface area contributed by atoms with Crippen molar-refractivity contribution in [1.29, 1.82) is 0 Å². The fourth-order valence-corrected chi connectivity index (χ4v) is 2.34. The molecule has 3 N–H and O–H groups in total. The summed E-state index contributed by atoms with van der Waals surface area (Å²) in [5, 5.41) is 15.5. The molecule has 1 heterocycles. The maximum atomic E-state index is 12.0. The Kier molecular flexibility index (Phi) is 6.60. The van der Waals surface area contributed by atoms with Gasteiger partial charge >= 0.3 is 0 Å². The van der Waals surface area contributed by atoms with Crippen LogP contribution in [0.1, 0.15) is 33.6 Å². The van der Waals surface area contributed by atoms with E-state index in [0.29, 0.717) is 12.6 Å². The fourth-order valence-electron chi connectivity index (χ4n) is 2.34. The van der Waals surface area contributed by atoms with E-state index >= 15 is 0 Å². The Hall–Kier alpha value is -0.650. The lowest BCUT2D eigenvalue weighted by Gasteiger charge is -2.30. The van der Waals surface area contributed by atoms with Crippen molar-refractivity contribution in [3.05, 3.63) is 0 Å². The molecule has 2 atom stereocenters. The molecule has 0 bridgehead atoms. The first-order valence-electron chi connectivity index (χ1n) is 6.93. The molecule has 0 aromatic rings. The van der Waals surface area contributed by atoms with Crippen LogP contribution in [0, 0.1) is 0 Å². The highest BCUT2D eigenvalue weighted by molar-refractivity contribution is 5.81. The van der Waals surface area contributed by atoms with Gasteiger partial charge in [-0.05, 0) is 40.2 Å². The Bertz CT molecular complexity index is 253. The third-order valence-electron chi connectivity index (χ3n) is 3.36. The van der Waals surface area contributed by atoms with E-state index in [4.69, 9.17) is 5.11 Å². The molecule has 5 heteroatoms. The summed E-state index contributed by atoms with van der Waals surface area (Å²) in [5.74, 6) is 0.0384. The first-order valence-corrected chi connectivity index (χ1v) is 6.93. The van der Waals surface area contributed by atoms with Gasteiger partial charge in [0.1, 0.15) is 0 Å². The third-order valence-corrected chi connectivity index (χ3v) is 3.36. The maximum Gasteiger partial charge on any atom is 0.237 e. The molecule has 1 saturated heterocycles. The number of hydrogen-bond donors (Lipinski definition) is 3. The molecule has 1 rings (SSSR count). The summed E-state index contributed by atoms with van der Waals surface area (Å²) < 4.78 is 0. The van der Waals surface area contributed by atoms with Gasteiger partial charge in [-0.2, -0.15) is 0 Å². The summed E-state index contributed by atoms with van der Waals surface area (Å²) in [6, 6.07) is 0.410. The van der Waals surface area contributed by atoms with Crippen LogP contribution in [-0.2, 0) is 4.79 Å². The molecule has 1 aliphatic heterocycles. The Balaban J connectivity index is 2.50. The van der Waals surface area contributed by atoms with Crippen LogP contribution in [0.2, 0.25) is 0 Å². The summed E-state index contributed by atoms with van der Waals surface area (Å²) in [4.78, 5) is 14.0. The molecule has 0 saturated carbocycles. The van der Waals surface area contributed by atoms with Gasteiger partial charge in [0.25, 0.3) is 0 Å². The number of hydrogen-bond acceptors (Lipinski definition) is 4. The number of rotatable bonds is 7. The lowest BCUT2D eigenvalue weighted by atomic mass is 10.1. The van der Waals surface area contributed by atoms with Crippen molar-refractivity contribution in [2.75, 3.05) is 26.2 Å². The van der Waals surface area contributed by atoms with Crippen LogP contribution in [0.3, 0.4) is 0 Å². The largest absolute Gasteiger partial charge is 0.395 e. The Morgan fingerprint density at radius 3 is 2.72 bits per heavy atom. The minimum absolute atomic E-state index is 0.0384. The number of carbonyl (C=O) groups is 1. The van der Waals surface area contributed by atoms with Crippen LogP contribution in [0.5, 0.6) is 0 Å². The van der Waals surface area contributed by atoms with Gasteiger partial charge in [-0.1, -0.05) is 0 Å². The summed E-state index contributed by atoms with van der Waals surface area (Å²) in [6.07, 6.45) is 2.35. The van der Waals surface area contributed by atoms with E-state index < -0.39 is 0 Å². The van der Waals surface area contributed by atoms with Crippen molar-refractivity contribution in [3.8, 4) is 0 Å². The second-order valence-corrected chi connectivity index (χ2v) is 5.35. The lowest BCUT2D eigenvalue weighted by molar-refractivity contribution is -0.126. The molecule has 5 nitrogen and oxygen atoms in total. The summed E-state index contributed by atoms with van der Waals surface area (Å²) in [7, 11) is 0. The van der Waals surface area contributed by atoms with Gasteiger partial charge in [0, 0.05) is 25.2 Å². The fraction of sp³-hybridized carbons (Fsp3) is 0.923. The van der Waals surface area contributed by atoms with E-state index in [9.17, 15) is 4.79 Å². The smallest absolute Gasteiger partial charge is 0.237 e. The molecule has 1 amide bonds. The highest BCUT2D eigenvalue weighted by Gasteiger charge is 2.25. The average Bonchev–Trinajstić information content (AvgIpc) is 2.79. The molecule has 0 aliphatic carbocycles. The molecule has 1 fully saturated rings. The monoisotopic (exact) mass is 257 g/mol. The van der Waals surface area contributed by atoms with Crippen molar-refractivity contribution in [2.45, 2.75) is 51.7 Å². The predicted octanol–water partition coefficient (Wildman–Crippen LogP) is -0.0542. The zero-order valence-corrected chi connectivity index (χ0v) is 11.8. The van der Waals surface area contributed by atoms with Gasteiger partial charge in [-0.25, -0.2) is 0 Å². The standard InChI is InChI=1S/C13H27N3O2/c1-10(2)15-13(18)11(3)16(7-8-17)9-12-5-4-6-14-12/h10-12,14,17H,4-9H2,1-3H3,(H,15,18).